The van der Waals surface area contributed by atoms with Gasteiger partial charge in [0, 0.05) is 38.4 Å². The van der Waals surface area contributed by atoms with Gasteiger partial charge < -0.3 is 14.4 Å². The van der Waals surface area contributed by atoms with E-state index in [0.717, 1.165) is 54.8 Å². The van der Waals surface area contributed by atoms with Crippen molar-refractivity contribution in [2.75, 3.05) is 26.3 Å². The van der Waals surface area contributed by atoms with Crippen molar-refractivity contribution in [3.63, 3.8) is 0 Å². The van der Waals surface area contributed by atoms with Crippen molar-refractivity contribution in [2.45, 2.75) is 50.9 Å². The van der Waals surface area contributed by atoms with Gasteiger partial charge in [-0.2, -0.15) is 0 Å². The third kappa shape index (κ3) is 4.94. The average Bonchev–Trinajstić information content (AvgIpc) is 2.91. The highest BCUT2D eigenvalue weighted by molar-refractivity contribution is 5.88. The second-order valence-electron chi connectivity index (χ2n) is 9.80. The van der Waals surface area contributed by atoms with Crippen LogP contribution in [-0.4, -0.2) is 47.1 Å². The summed E-state index contributed by atoms with van der Waals surface area (Å²) in [6.07, 6.45) is 6.82. The molecule has 0 spiro atoms. The molecule has 3 aromatic rings. The van der Waals surface area contributed by atoms with Crippen molar-refractivity contribution in [2.24, 2.45) is 0 Å². The largest absolute Gasteiger partial charge is 0.437 e. The number of hydrogen-bond donors (Lipinski definition) is 0. The van der Waals surface area contributed by atoms with Crippen LogP contribution in [0.4, 0.5) is 0 Å². The van der Waals surface area contributed by atoms with Crippen LogP contribution in [0.1, 0.15) is 54.0 Å². The van der Waals surface area contributed by atoms with Gasteiger partial charge in [-0.15, -0.1) is 0 Å². The van der Waals surface area contributed by atoms with Gasteiger partial charge in [-0.25, -0.2) is 4.98 Å². The molecule has 182 valence electrons. The summed E-state index contributed by atoms with van der Waals surface area (Å²) in [5.41, 5.74) is 3.71. The Morgan fingerprint density at radius 2 is 1.83 bits per heavy atom. The number of para-hydroxylation sites is 1. The standard InChI is InChI=1S/C29H33N3O3/c1-21-9-11-24(12-10-21)29(13-16-34-17-14-29)28(33)32-15-5-7-23(20-32)25-18-30-19-27(31-25)35-26-8-4-3-6-22(26)2/h3-4,6,8-12,18-19,23H,5,7,13-17,20H2,1-2H3/t23-/m0/s1. The number of piperidine rings is 1. The number of nitrogens with zero attached hydrogens (tertiary/aromatic N) is 3. The molecule has 2 aromatic carbocycles. The van der Waals surface area contributed by atoms with Gasteiger partial charge in [0.25, 0.3) is 0 Å². The molecule has 1 aromatic heterocycles. The maximum atomic E-state index is 14.1. The van der Waals surface area contributed by atoms with E-state index in [0.29, 0.717) is 25.6 Å². The van der Waals surface area contributed by atoms with Gasteiger partial charge in [0.05, 0.1) is 17.3 Å². The van der Waals surface area contributed by atoms with E-state index in [1.54, 1.807) is 6.20 Å². The molecule has 0 saturated carbocycles. The van der Waals surface area contributed by atoms with Crippen molar-refractivity contribution in [3.05, 3.63) is 83.3 Å². The van der Waals surface area contributed by atoms with Crippen LogP contribution in [0.25, 0.3) is 0 Å². The molecule has 0 bridgehead atoms. The number of aryl methyl sites for hydroxylation is 2. The molecular formula is C29H33N3O3. The van der Waals surface area contributed by atoms with Gasteiger partial charge in [0.15, 0.2) is 0 Å². The SMILES string of the molecule is Cc1ccc(C2(C(=O)N3CCC[C@H](c4cncc(Oc5ccccc5C)n4)C3)CCOCC2)cc1. The smallest absolute Gasteiger partial charge is 0.238 e. The molecule has 3 heterocycles. The molecule has 6 nitrogen and oxygen atoms in total. The van der Waals surface area contributed by atoms with Gasteiger partial charge >= 0.3 is 0 Å². The van der Waals surface area contributed by atoms with Gasteiger partial charge in [0.1, 0.15) is 5.75 Å². The molecule has 2 saturated heterocycles. The molecule has 1 atom stereocenters. The summed E-state index contributed by atoms with van der Waals surface area (Å²) in [4.78, 5) is 25.3. The number of carbonyl (C=O) groups is 1. The van der Waals surface area contributed by atoms with E-state index >= 15 is 0 Å². The van der Waals surface area contributed by atoms with E-state index in [9.17, 15) is 4.79 Å². The fourth-order valence-corrected chi connectivity index (χ4v) is 5.32. The zero-order valence-corrected chi connectivity index (χ0v) is 20.6. The van der Waals surface area contributed by atoms with Gasteiger partial charge in [0.2, 0.25) is 11.8 Å². The Morgan fingerprint density at radius 3 is 2.60 bits per heavy atom. The summed E-state index contributed by atoms with van der Waals surface area (Å²) in [7, 11) is 0. The van der Waals surface area contributed by atoms with Crippen LogP contribution >= 0.6 is 0 Å². The minimum absolute atomic E-state index is 0.135. The first-order valence-corrected chi connectivity index (χ1v) is 12.5. The first-order chi connectivity index (χ1) is 17.0. The van der Waals surface area contributed by atoms with Crippen LogP contribution < -0.4 is 4.74 Å². The Balaban J connectivity index is 1.36. The minimum atomic E-state index is -0.519. The first kappa shape index (κ1) is 23.5. The number of ether oxygens (including phenoxy) is 2. The number of amides is 1. The Kier molecular flexibility index (Phi) is 6.82. The maximum absolute atomic E-state index is 14.1. The highest BCUT2D eigenvalue weighted by Crippen LogP contribution is 2.39. The van der Waals surface area contributed by atoms with Crippen LogP contribution in [0.3, 0.4) is 0 Å². The second kappa shape index (κ2) is 10.2. The van der Waals surface area contributed by atoms with Crippen LogP contribution in [0.2, 0.25) is 0 Å². The average molecular weight is 472 g/mol. The molecule has 5 rings (SSSR count). The fraction of sp³-hybridized carbons (Fsp3) is 0.414. The number of benzene rings is 2. The molecule has 0 N–H and O–H groups in total. The van der Waals surface area contributed by atoms with Crippen molar-refractivity contribution in [3.8, 4) is 11.6 Å². The second-order valence-corrected chi connectivity index (χ2v) is 9.80. The lowest BCUT2D eigenvalue weighted by molar-refractivity contribution is -0.142. The molecule has 0 radical (unpaired) electrons. The normalized spacial score (nSPS) is 19.8. The summed E-state index contributed by atoms with van der Waals surface area (Å²) in [6.45, 7) is 6.74. The van der Waals surface area contributed by atoms with Crippen molar-refractivity contribution in [1.29, 1.82) is 0 Å². The molecule has 2 fully saturated rings. The Labute approximate surface area is 207 Å². The van der Waals surface area contributed by atoms with Crippen molar-refractivity contribution < 1.29 is 14.3 Å². The Hall–Kier alpha value is -3.25. The van der Waals surface area contributed by atoms with E-state index in [2.05, 4.69) is 41.1 Å². The molecule has 2 aliphatic heterocycles. The van der Waals surface area contributed by atoms with E-state index in [1.807, 2.05) is 37.4 Å². The highest BCUT2D eigenvalue weighted by atomic mass is 16.5. The lowest BCUT2D eigenvalue weighted by Crippen LogP contribution is -2.52. The summed E-state index contributed by atoms with van der Waals surface area (Å²) >= 11 is 0. The topological polar surface area (TPSA) is 64.6 Å². The van der Waals surface area contributed by atoms with Crippen molar-refractivity contribution in [1.82, 2.24) is 14.9 Å². The van der Waals surface area contributed by atoms with Gasteiger partial charge in [-0.1, -0.05) is 48.0 Å². The number of likely N-dealkylation sites (tertiary alicyclic amines) is 1. The van der Waals surface area contributed by atoms with E-state index in [1.165, 1.54) is 5.56 Å². The molecular weight excluding hydrogens is 438 g/mol. The quantitative estimate of drug-likeness (QED) is 0.503. The summed E-state index contributed by atoms with van der Waals surface area (Å²) in [5.74, 6) is 1.62. The van der Waals surface area contributed by atoms with Crippen LogP contribution in [0.15, 0.2) is 60.9 Å². The van der Waals surface area contributed by atoms with Gasteiger partial charge in [-0.3, -0.25) is 9.78 Å². The number of rotatable bonds is 5. The highest BCUT2D eigenvalue weighted by Gasteiger charge is 2.45. The minimum Gasteiger partial charge on any atom is -0.437 e. The zero-order chi connectivity index (χ0) is 24.3. The van der Waals surface area contributed by atoms with Crippen LogP contribution in [0, 0.1) is 13.8 Å². The van der Waals surface area contributed by atoms with E-state index in [4.69, 9.17) is 14.5 Å². The van der Waals surface area contributed by atoms with Crippen LogP contribution in [0.5, 0.6) is 11.6 Å². The molecule has 1 amide bonds. The Bertz CT molecular complexity index is 1170. The first-order valence-electron chi connectivity index (χ1n) is 12.5. The fourth-order valence-electron chi connectivity index (χ4n) is 5.32. The molecule has 0 unspecified atom stereocenters. The molecule has 6 heteroatoms. The predicted molar refractivity (Wildman–Crippen MR) is 135 cm³/mol. The number of aromatic nitrogens is 2. The number of hydrogen-bond acceptors (Lipinski definition) is 5. The third-order valence-electron chi connectivity index (χ3n) is 7.43. The molecule has 2 aliphatic rings. The zero-order valence-electron chi connectivity index (χ0n) is 20.6. The lowest BCUT2D eigenvalue weighted by atomic mass is 9.72. The molecule has 0 aliphatic carbocycles. The van der Waals surface area contributed by atoms with E-state index in [-0.39, 0.29) is 11.8 Å². The number of carbonyl (C=O) groups excluding carboxylic acids is 1. The summed E-state index contributed by atoms with van der Waals surface area (Å²) in [5, 5.41) is 0. The van der Waals surface area contributed by atoms with E-state index < -0.39 is 5.41 Å². The van der Waals surface area contributed by atoms with Gasteiger partial charge in [-0.05, 0) is 56.7 Å². The monoisotopic (exact) mass is 471 g/mol. The van der Waals surface area contributed by atoms with Crippen molar-refractivity contribution >= 4 is 5.91 Å². The summed E-state index contributed by atoms with van der Waals surface area (Å²) < 4.78 is 11.7. The third-order valence-corrected chi connectivity index (χ3v) is 7.43. The van der Waals surface area contributed by atoms with Crippen LogP contribution in [-0.2, 0) is 14.9 Å². The summed E-state index contributed by atoms with van der Waals surface area (Å²) in [6, 6.07) is 16.3. The Morgan fingerprint density at radius 1 is 1.06 bits per heavy atom. The maximum Gasteiger partial charge on any atom is 0.238 e. The predicted octanol–water partition coefficient (Wildman–Crippen LogP) is 5.34. The molecule has 35 heavy (non-hydrogen) atoms. The lowest BCUT2D eigenvalue weighted by Gasteiger charge is -2.42.